The number of aromatic nitrogens is 2. The minimum Gasteiger partial charge on any atom is -0.495 e. The Labute approximate surface area is 174 Å². The molecule has 0 fully saturated rings. The van der Waals surface area contributed by atoms with E-state index in [1.165, 1.54) is 25.8 Å². The maximum atomic E-state index is 12.6. The molecule has 0 aliphatic rings. The number of hydrogen-bond donors (Lipinski definition) is 1. The number of ether oxygens (including phenoxy) is 3. The lowest BCUT2D eigenvalue weighted by Gasteiger charge is -2.15. The number of nitrogens with zero attached hydrogens (tertiary/aromatic N) is 2. The van der Waals surface area contributed by atoms with Gasteiger partial charge in [-0.15, -0.1) is 0 Å². The number of carbonyl (C=O) groups excluding carboxylic acids is 2. The molecule has 0 saturated carbocycles. The molecule has 156 valence electrons. The highest BCUT2D eigenvalue weighted by atomic mass is 16.6. The summed E-state index contributed by atoms with van der Waals surface area (Å²) in [6.45, 7) is 3.38. The van der Waals surface area contributed by atoms with Gasteiger partial charge in [-0.3, -0.25) is 4.79 Å². The number of amides is 1. The minimum absolute atomic E-state index is 0.0193. The fourth-order valence-corrected chi connectivity index (χ4v) is 2.79. The fourth-order valence-electron chi connectivity index (χ4n) is 2.79. The van der Waals surface area contributed by atoms with Crippen LogP contribution in [0.5, 0.6) is 11.5 Å². The lowest BCUT2D eigenvalue weighted by atomic mass is 10.2. The molecule has 0 aliphatic carbocycles. The van der Waals surface area contributed by atoms with Gasteiger partial charge in [0.05, 0.1) is 31.8 Å². The molecule has 0 radical (unpaired) electrons. The van der Waals surface area contributed by atoms with Crippen LogP contribution in [0.1, 0.15) is 23.0 Å². The van der Waals surface area contributed by atoms with Crippen LogP contribution in [0.15, 0.2) is 54.7 Å². The molecule has 1 N–H and O–H groups in total. The second kappa shape index (κ2) is 9.13. The van der Waals surface area contributed by atoms with Crippen LogP contribution in [0.4, 0.5) is 5.69 Å². The number of nitrogens with one attached hydrogen (secondary N) is 1. The molecule has 1 amide bonds. The molecule has 0 saturated heterocycles. The van der Waals surface area contributed by atoms with Crippen LogP contribution in [0, 0.1) is 6.92 Å². The summed E-state index contributed by atoms with van der Waals surface area (Å²) in [7, 11) is 2.95. The zero-order valence-corrected chi connectivity index (χ0v) is 17.2. The maximum absolute atomic E-state index is 12.6. The van der Waals surface area contributed by atoms with Crippen LogP contribution in [0.2, 0.25) is 0 Å². The summed E-state index contributed by atoms with van der Waals surface area (Å²) in [6.07, 6.45) is 0.517. The van der Waals surface area contributed by atoms with E-state index in [9.17, 15) is 9.59 Å². The second-order valence-corrected chi connectivity index (χ2v) is 6.57. The molecule has 2 aromatic carbocycles. The first-order chi connectivity index (χ1) is 14.4. The average molecular weight is 409 g/mol. The van der Waals surface area contributed by atoms with Crippen molar-refractivity contribution in [1.82, 2.24) is 9.78 Å². The van der Waals surface area contributed by atoms with Crippen molar-refractivity contribution >= 4 is 17.6 Å². The van der Waals surface area contributed by atoms with E-state index in [2.05, 4.69) is 10.4 Å². The molecular formula is C22H23N3O5. The highest BCUT2D eigenvalue weighted by Gasteiger charge is 2.25. The molecule has 0 aliphatic heterocycles. The zero-order chi connectivity index (χ0) is 21.7. The monoisotopic (exact) mass is 409 g/mol. The van der Waals surface area contributed by atoms with Crippen LogP contribution in [0.25, 0.3) is 5.69 Å². The third kappa shape index (κ3) is 4.60. The summed E-state index contributed by atoms with van der Waals surface area (Å²) < 4.78 is 17.3. The van der Waals surface area contributed by atoms with E-state index >= 15 is 0 Å². The van der Waals surface area contributed by atoms with Crippen molar-refractivity contribution in [2.24, 2.45) is 0 Å². The minimum atomic E-state index is -1.06. The number of rotatable bonds is 7. The first-order valence-corrected chi connectivity index (χ1v) is 9.28. The fraction of sp³-hybridized carbons (Fsp3) is 0.227. The summed E-state index contributed by atoms with van der Waals surface area (Å²) in [5.41, 5.74) is 2.18. The Balaban J connectivity index is 1.73. The second-order valence-electron chi connectivity index (χ2n) is 6.57. The average Bonchev–Trinajstić information content (AvgIpc) is 3.19. The van der Waals surface area contributed by atoms with Gasteiger partial charge in [0.25, 0.3) is 5.91 Å². The van der Waals surface area contributed by atoms with Gasteiger partial charge in [-0.05, 0) is 43.7 Å². The Hall–Kier alpha value is -3.81. The van der Waals surface area contributed by atoms with E-state index in [4.69, 9.17) is 14.2 Å². The van der Waals surface area contributed by atoms with E-state index in [-0.39, 0.29) is 11.4 Å². The van der Waals surface area contributed by atoms with Crippen molar-refractivity contribution < 1.29 is 23.8 Å². The van der Waals surface area contributed by atoms with Crippen molar-refractivity contribution in [3.8, 4) is 17.2 Å². The lowest BCUT2D eigenvalue weighted by molar-refractivity contribution is -0.123. The molecule has 8 heteroatoms. The highest BCUT2D eigenvalue weighted by Crippen LogP contribution is 2.26. The Kier molecular flexibility index (Phi) is 6.36. The number of para-hydroxylation sites is 1. The third-order valence-electron chi connectivity index (χ3n) is 4.38. The molecular weight excluding hydrogens is 386 g/mol. The van der Waals surface area contributed by atoms with E-state index in [0.29, 0.717) is 11.4 Å². The SMILES string of the molecule is COc1ccc(C)cc1NC(=O)[C@@H](C)OC(=O)c1nn(-c2ccccc2)cc1OC. The number of carbonyl (C=O) groups is 2. The summed E-state index contributed by atoms with van der Waals surface area (Å²) in [5.74, 6) is -0.498. The van der Waals surface area contributed by atoms with Gasteiger partial charge in [0.15, 0.2) is 11.9 Å². The van der Waals surface area contributed by atoms with Gasteiger partial charge in [0.2, 0.25) is 5.69 Å². The van der Waals surface area contributed by atoms with E-state index in [1.54, 1.807) is 18.3 Å². The van der Waals surface area contributed by atoms with Crippen molar-refractivity contribution in [3.63, 3.8) is 0 Å². The van der Waals surface area contributed by atoms with Gasteiger partial charge in [-0.1, -0.05) is 24.3 Å². The van der Waals surface area contributed by atoms with Gasteiger partial charge in [-0.2, -0.15) is 5.10 Å². The predicted octanol–water partition coefficient (Wildman–Crippen LogP) is 3.38. The van der Waals surface area contributed by atoms with Crippen LogP contribution < -0.4 is 14.8 Å². The van der Waals surface area contributed by atoms with Crippen LogP contribution >= 0.6 is 0 Å². The van der Waals surface area contributed by atoms with E-state index in [1.807, 2.05) is 43.3 Å². The molecule has 1 aromatic heterocycles. The Morgan fingerprint density at radius 3 is 2.40 bits per heavy atom. The number of hydrogen-bond acceptors (Lipinski definition) is 6. The molecule has 1 atom stereocenters. The third-order valence-corrected chi connectivity index (χ3v) is 4.38. The first-order valence-electron chi connectivity index (χ1n) is 9.28. The summed E-state index contributed by atoms with van der Waals surface area (Å²) in [4.78, 5) is 25.2. The highest BCUT2D eigenvalue weighted by molar-refractivity contribution is 5.98. The Morgan fingerprint density at radius 1 is 1.03 bits per heavy atom. The molecule has 1 heterocycles. The lowest BCUT2D eigenvalue weighted by Crippen LogP contribution is -2.30. The summed E-state index contributed by atoms with van der Waals surface area (Å²) in [5, 5.41) is 6.97. The molecule has 30 heavy (non-hydrogen) atoms. The smallest absolute Gasteiger partial charge is 0.363 e. The number of benzene rings is 2. The van der Waals surface area contributed by atoms with Crippen LogP contribution in [0.3, 0.4) is 0 Å². The maximum Gasteiger partial charge on any atom is 0.363 e. The van der Waals surface area contributed by atoms with Crippen LogP contribution in [-0.2, 0) is 9.53 Å². The van der Waals surface area contributed by atoms with Crippen molar-refractivity contribution in [3.05, 3.63) is 66.0 Å². The number of aryl methyl sites for hydroxylation is 1. The molecule has 0 spiro atoms. The van der Waals surface area contributed by atoms with E-state index in [0.717, 1.165) is 11.3 Å². The first kappa shape index (κ1) is 20.9. The molecule has 8 nitrogen and oxygen atoms in total. The van der Waals surface area contributed by atoms with Gasteiger partial charge < -0.3 is 19.5 Å². The number of methoxy groups -OCH3 is 2. The van der Waals surface area contributed by atoms with Crippen molar-refractivity contribution in [2.75, 3.05) is 19.5 Å². The Morgan fingerprint density at radius 2 is 1.73 bits per heavy atom. The van der Waals surface area contributed by atoms with Crippen molar-refractivity contribution in [1.29, 1.82) is 0 Å². The van der Waals surface area contributed by atoms with Crippen LogP contribution in [-0.4, -0.2) is 42.0 Å². The van der Waals surface area contributed by atoms with Crippen molar-refractivity contribution in [2.45, 2.75) is 20.0 Å². The van der Waals surface area contributed by atoms with Gasteiger partial charge in [0.1, 0.15) is 5.75 Å². The van der Waals surface area contributed by atoms with Gasteiger partial charge in [0, 0.05) is 0 Å². The molecule has 3 rings (SSSR count). The number of anilines is 1. The topological polar surface area (TPSA) is 91.7 Å². The molecule has 0 bridgehead atoms. The Bertz CT molecular complexity index is 1050. The number of esters is 1. The summed E-state index contributed by atoms with van der Waals surface area (Å²) >= 11 is 0. The van der Waals surface area contributed by atoms with E-state index < -0.39 is 18.0 Å². The normalized spacial score (nSPS) is 11.5. The van der Waals surface area contributed by atoms with Gasteiger partial charge >= 0.3 is 5.97 Å². The standard InChI is InChI=1S/C22H23N3O5/c1-14-10-11-18(28-3)17(12-14)23-21(26)15(2)30-22(27)20-19(29-4)13-25(24-20)16-8-6-5-7-9-16/h5-13,15H,1-4H3,(H,23,26)/t15-/m1/s1. The largest absolute Gasteiger partial charge is 0.495 e. The quantitative estimate of drug-likeness (QED) is 0.602. The van der Waals surface area contributed by atoms with Gasteiger partial charge in [-0.25, -0.2) is 9.48 Å². The molecule has 3 aromatic rings. The predicted molar refractivity (Wildman–Crippen MR) is 111 cm³/mol. The molecule has 0 unspecified atom stereocenters. The summed E-state index contributed by atoms with van der Waals surface area (Å²) in [6, 6.07) is 14.7. The zero-order valence-electron chi connectivity index (χ0n) is 17.2.